The van der Waals surface area contributed by atoms with E-state index >= 15 is 0 Å². The average molecular weight is 309 g/mol. The van der Waals surface area contributed by atoms with Crippen molar-refractivity contribution in [2.45, 2.75) is 20.0 Å². The van der Waals surface area contributed by atoms with Crippen LogP contribution in [0.4, 0.5) is 0 Å². The molecular weight excluding hydrogens is 286 g/mol. The highest BCUT2D eigenvalue weighted by molar-refractivity contribution is 7.10. The Morgan fingerprint density at radius 3 is 3.19 bits per heavy atom. The molecule has 0 bridgehead atoms. The van der Waals surface area contributed by atoms with Gasteiger partial charge < -0.3 is 9.47 Å². The molecule has 1 saturated heterocycles. The number of thiophene rings is 1. The van der Waals surface area contributed by atoms with Gasteiger partial charge in [-0.25, -0.2) is 4.79 Å². The van der Waals surface area contributed by atoms with Crippen molar-refractivity contribution in [1.82, 2.24) is 4.90 Å². The zero-order chi connectivity index (χ0) is 15.1. The van der Waals surface area contributed by atoms with E-state index in [0.29, 0.717) is 19.1 Å². The topological polar surface area (TPSA) is 38.8 Å². The highest BCUT2D eigenvalue weighted by Crippen LogP contribution is 2.11. The number of carbonyl (C=O) groups excluding carboxylic acids is 1. The van der Waals surface area contributed by atoms with Gasteiger partial charge in [0.2, 0.25) is 0 Å². The molecule has 2 heterocycles. The van der Waals surface area contributed by atoms with Crippen molar-refractivity contribution < 1.29 is 14.3 Å². The van der Waals surface area contributed by atoms with Gasteiger partial charge in [0, 0.05) is 30.6 Å². The lowest BCUT2D eigenvalue weighted by Crippen LogP contribution is -2.45. The number of carbonyl (C=O) groups is 1. The second-order valence-corrected chi connectivity index (χ2v) is 6.60. The summed E-state index contributed by atoms with van der Waals surface area (Å²) < 4.78 is 10.9. The molecule has 0 aromatic carbocycles. The van der Waals surface area contributed by atoms with Gasteiger partial charge in [-0.1, -0.05) is 19.9 Å². The zero-order valence-corrected chi connectivity index (χ0v) is 13.5. The average Bonchev–Trinajstić information content (AvgIpc) is 2.96. The first-order valence-corrected chi connectivity index (χ1v) is 8.23. The number of hydrogen-bond acceptors (Lipinski definition) is 5. The van der Waals surface area contributed by atoms with Gasteiger partial charge in [-0.15, -0.1) is 11.3 Å². The minimum absolute atomic E-state index is 0.0170. The van der Waals surface area contributed by atoms with Crippen LogP contribution in [0.3, 0.4) is 0 Å². The van der Waals surface area contributed by atoms with E-state index in [2.05, 4.69) is 18.7 Å². The standard InChI is InChI=1S/C16H23NO3S/c1-13(2)10-17-7-8-19-14(11-17)12-20-16(18)6-5-15-4-3-9-21-15/h3-6,9,13-14H,7-8,10-12H2,1-2H3. The molecule has 116 valence electrons. The van der Waals surface area contributed by atoms with E-state index in [-0.39, 0.29) is 12.1 Å². The Labute approximate surface area is 130 Å². The van der Waals surface area contributed by atoms with E-state index in [4.69, 9.17) is 9.47 Å². The molecular formula is C16H23NO3S. The van der Waals surface area contributed by atoms with Crippen molar-refractivity contribution in [3.63, 3.8) is 0 Å². The quantitative estimate of drug-likeness (QED) is 0.598. The minimum atomic E-state index is -0.312. The highest BCUT2D eigenvalue weighted by atomic mass is 32.1. The van der Waals surface area contributed by atoms with Crippen molar-refractivity contribution in [3.05, 3.63) is 28.5 Å². The first-order chi connectivity index (χ1) is 10.1. The molecule has 0 radical (unpaired) electrons. The molecule has 2 rings (SSSR count). The first-order valence-electron chi connectivity index (χ1n) is 7.36. The zero-order valence-electron chi connectivity index (χ0n) is 12.7. The SMILES string of the molecule is CC(C)CN1CCOC(COC(=O)C=Cc2cccs2)C1. The normalized spacial score (nSPS) is 20.2. The maximum Gasteiger partial charge on any atom is 0.330 e. The third kappa shape index (κ3) is 5.99. The largest absolute Gasteiger partial charge is 0.460 e. The Bertz CT molecular complexity index is 456. The molecule has 0 saturated carbocycles. The number of rotatable bonds is 6. The fourth-order valence-corrected chi connectivity index (χ4v) is 2.94. The minimum Gasteiger partial charge on any atom is -0.460 e. The molecule has 4 nitrogen and oxygen atoms in total. The molecule has 1 unspecified atom stereocenters. The molecule has 0 aliphatic carbocycles. The molecule has 21 heavy (non-hydrogen) atoms. The predicted octanol–water partition coefficient (Wildman–Crippen LogP) is 2.66. The maximum absolute atomic E-state index is 11.7. The highest BCUT2D eigenvalue weighted by Gasteiger charge is 2.21. The summed E-state index contributed by atoms with van der Waals surface area (Å²) in [5.74, 6) is 0.327. The lowest BCUT2D eigenvalue weighted by atomic mass is 10.2. The van der Waals surface area contributed by atoms with Gasteiger partial charge in [-0.05, 0) is 23.4 Å². The molecule has 0 N–H and O–H groups in total. The molecule has 0 spiro atoms. The fourth-order valence-electron chi connectivity index (χ4n) is 2.32. The van der Waals surface area contributed by atoms with E-state index in [9.17, 15) is 4.79 Å². The Hall–Kier alpha value is -1.17. The summed E-state index contributed by atoms with van der Waals surface area (Å²) in [7, 11) is 0. The lowest BCUT2D eigenvalue weighted by molar-refractivity contribution is -0.144. The number of esters is 1. The Kier molecular flexibility index (Phi) is 6.42. The molecule has 1 aliphatic heterocycles. The van der Waals surface area contributed by atoms with Gasteiger partial charge in [0.15, 0.2) is 0 Å². The molecule has 1 aromatic rings. The van der Waals surface area contributed by atoms with Crippen LogP contribution in [0.5, 0.6) is 0 Å². The molecule has 1 aliphatic rings. The third-order valence-electron chi connectivity index (χ3n) is 3.18. The lowest BCUT2D eigenvalue weighted by Gasteiger charge is -2.33. The second-order valence-electron chi connectivity index (χ2n) is 5.63. The number of morpholine rings is 1. The summed E-state index contributed by atoms with van der Waals surface area (Å²) in [6.07, 6.45) is 3.23. The van der Waals surface area contributed by atoms with Crippen LogP contribution in [-0.4, -0.2) is 49.8 Å². The van der Waals surface area contributed by atoms with Gasteiger partial charge in [0.05, 0.1) is 6.61 Å². The summed E-state index contributed by atoms with van der Waals surface area (Å²) in [4.78, 5) is 15.1. The van der Waals surface area contributed by atoms with Crippen LogP contribution in [0.25, 0.3) is 6.08 Å². The van der Waals surface area contributed by atoms with Crippen LogP contribution in [0.15, 0.2) is 23.6 Å². The van der Waals surface area contributed by atoms with Gasteiger partial charge in [-0.2, -0.15) is 0 Å². The summed E-state index contributed by atoms with van der Waals surface area (Å²) in [6, 6.07) is 3.91. The molecule has 1 aromatic heterocycles. The van der Waals surface area contributed by atoms with Crippen LogP contribution in [0.1, 0.15) is 18.7 Å². The monoisotopic (exact) mass is 309 g/mol. The number of ether oxygens (including phenoxy) is 2. The van der Waals surface area contributed by atoms with E-state index < -0.39 is 0 Å². The maximum atomic E-state index is 11.7. The summed E-state index contributed by atoms with van der Waals surface area (Å²) >= 11 is 1.59. The van der Waals surface area contributed by atoms with Crippen LogP contribution in [0, 0.1) is 5.92 Å². The van der Waals surface area contributed by atoms with Crippen LogP contribution < -0.4 is 0 Å². The fraction of sp³-hybridized carbons (Fsp3) is 0.562. The Balaban J connectivity index is 1.71. The smallest absolute Gasteiger partial charge is 0.330 e. The summed E-state index contributed by atoms with van der Waals surface area (Å²) in [6.45, 7) is 8.30. The van der Waals surface area contributed by atoms with Crippen molar-refractivity contribution >= 4 is 23.4 Å². The van der Waals surface area contributed by atoms with E-state index in [1.165, 1.54) is 6.08 Å². The van der Waals surface area contributed by atoms with Crippen LogP contribution in [-0.2, 0) is 14.3 Å². The number of nitrogens with zero attached hydrogens (tertiary/aromatic N) is 1. The van der Waals surface area contributed by atoms with Gasteiger partial charge in [0.25, 0.3) is 0 Å². The second kappa shape index (κ2) is 8.32. The summed E-state index contributed by atoms with van der Waals surface area (Å²) in [5.41, 5.74) is 0. The van der Waals surface area contributed by atoms with Crippen LogP contribution in [0.2, 0.25) is 0 Å². The van der Waals surface area contributed by atoms with Crippen molar-refractivity contribution in [3.8, 4) is 0 Å². The third-order valence-corrected chi connectivity index (χ3v) is 4.02. The van der Waals surface area contributed by atoms with Gasteiger partial charge >= 0.3 is 5.97 Å². The molecule has 0 amide bonds. The van der Waals surface area contributed by atoms with E-state index in [1.807, 2.05) is 17.5 Å². The predicted molar refractivity (Wildman–Crippen MR) is 85.3 cm³/mol. The molecule has 5 heteroatoms. The van der Waals surface area contributed by atoms with Crippen LogP contribution >= 0.6 is 11.3 Å². The van der Waals surface area contributed by atoms with Crippen molar-refractivity contribution in [1.29, 1.82) is 0 Å². The number of hydrogen-bond donors (Lipinski definition) is 0. The van der Waals surface area contributed by atoms with E-state index in [1.54, 1.807) is 17.4 Å². The Morgan fingerprint density at radius 1 is 1.62 bits per heavy atom. The van der Waals surface area contributed by atoms with Gasteiger partial charge in [0.1, 0.15) is 12.7 Å². The Morgan fingerprint density at radius 2 is 2.48 bits per heavy atom. The molecule has 1 atom stereocenters. The van der Waals surface area contributed by atoms with Gasteiger partial charge in [-0.3, -0.25) is 4.90 Å². The van der Waals surface area contributed by atoms with E-state index in [0.717, 1.165) is 24.5 Å². The first kappa shape index (κ1) is 16.2. The molecule has 1 fully saturated rings. The summed E-state index contributed by atoms with van der Waals surface area (Å²) in [5, 5.41) is 1.98. The van der Waals surface area contributed by atoms with Crippen molar-refractivity contribution in [2.24, 2.45) is 5.92 Å². The van der Waals surface area contributed by atoms with Crippen molar-refractivity contribution in [2.75, 3.05) is 32.8 Å².